The lowest BCUT2D eigenvalue weighted by molar-refractivity contribution is -0.385. The highest BCUT2D eigenvalue weighted by molar-refractivity contribution is 6.12. The zero-order valence-corrected chi connectivity index (χ0v) is 11.8. The number of anilines is 1. The molecule has 0 saturated carbocycles. The predicted octanol–water partition coefficient (Wildman–Crippen LogP) is 1.12. The van der Waals surface area contributed by atoms with E-state index in [2.05, 4.69) is 5.32 Å². The number of hydrogen-bond acceptors (Lipinski definition) is 7. The Balaban J connectivity index is 2.42. The number of amides is 1. The van der Waals surface area contributed by atoms with Crippen molar-refractivity contribution in [3.8, 4) is 0 Å². The lowest BCUT2D eigenvalue weighted by atomic mass is 10.0. The molecule has 0 aliphatic heterocycles. The normalized spacial score (nSPS) is 10.0. The van der Waals surface area contributed by atoms with Crippen LogP contribution in [-0.4, -0.2) is 21.7 Å². The van der Waals surface area contributed by atoms with Gasteiger partial charge in [-0.2, -0.15) is 0 Å². The maximum atomic E-state index is 12.2. The fraction of sp³-hybridized carbons (Fsp3) is 0. The number of nitrogens with one attached hydrogen (secondary N) is 1. The summed E-state index contributed by atoms with van der Waals surface area (Å²) in [5, 5.41) is 35.0. The van der Waals surface area contributed by atoms with Crippen molar-refractivity contribution >= 4 is 28.9 Å². The molecule has 10 heteroatoms. The molecule has 0 saturated heterocycles. The number of benzene rings is 2. The third kappa shape index (κ3) is 3.32. The molecule has 0 heterocycles. The van der Waals surface area contributed by atoms with Crippen LogP contribution in [0.25, 0.3) is 0 Å². The molecule has 0 radical (unpaired) electrons. The molecular formula is C14H8N3O7-. The Morgan fingerprint density at radius 2 is 1.62 bits per heavy atom. The van der Waals surface area contributed by atoms with Gasteiger partial charge in [-0.25, -0.2) is 0 Å². The highest BCUT2D eigenvalue weighted by Gasteiger charge is 2.22. The van der Waals surface area contributed by atoms with Gasteiger partial charge >= 0.3 is 0 Å². The summed E-state index contributed by atoms with van der Waals surface area (Å²) in [6.45, 7) is 0. The van der Waals surface area contributed by atoms with Crippen molar-refractivity contribution in [1.29, 1.82) is 0 Å². The fourth-order valence-corrected chi connectivity index (χ4v) is 1.99. The van der Waals surface area contributed by atoms with E-state index in [0.717, 1.165) is 24.3 Å². The molecule has 2 rings (SSSR count). The summed E-state index contributed by atoms with van der Waals surface area (Å²) < 4.78 is 0. The molecule has 1 amide bonds. The summed E-state index contributed by atoms with van der Waals surface area (Å²) in [4.78, 5) is 43.3. The largest absolute Gasteiger partial charge is 0.545 e. The standard InChI is InChI=1S/C14H9N3O7/c18-13(15-8-3-1-4-9(7-8)16(21)22)10-5-2-6-11(17(23)24)12(10)14(19)20/h1-7H,(H,15,18)(H,19,20)/p-1. The molecule has 0 atom stereocenters. The lowest BCUT2D eigenvalue weighted by Crippen LogP contribution is -2.27. The molecule has 0 aromatic heterocycles. The van der Waals surface area contributed by atoms with E-state index >= 15 is 0 Å². The molecule has 0 aliphatic carbocycles. The second kappa shape index (κ2) is 6.52. The second-order valence-corrected chi connectivity index (χ2v) is 4.51. The number of hydrogen-bond donors (Lipinski definition) is 1. The maximum absolute atomic E-state index is 12.2. The molecule has 24 heavy (non-hydrogen) atoms. The highest BCUT2D eigenvalue weighted by atomic mass is 16.6. The van der Waals surface area contributed by atoms with Gasteiger partial charge in [-0.3, -0.25) is 25.0 Å². The Morgan fingerprint density at radius 1 is 0.958 bits per heavy atom. The van der Waals surface area contributed by atoms with E-state index in [1.54, 1.807) is 0 Å². The van der Waals surface area contributed by atoms with E-state index in [4.69, 9.17) is 0 Å². The van der Waals surface area contributed by atoms with Crippen LogP contribution in [-0.2, 0) is 0 Å². The first-order chi connectivity index (χ1) is 11.3. The van der Waals surface area contributed by atoms with Crippen molar-refractivity contribution in [1.82, 2.24) is 0 Å². The zero-order valence-electron chi connectivity index (χ0n) is 11.8. The van der Waals surface area contributed by atoms with E-state index in [-0.39, 0.29) is 11.4 Å². The average Bonchev–Trinajstić information content (AvgIpc) is 2.54. The number of non-ortho nitro benzene ring substituents is 1. The van der Waals surface area contributed by atoms with Gasteiger partial charge in [-0.15, -0.1) is 0 Å². The summed E-state index contributed by atoms with van der Waals surface area (Å²) in [6.07, 6.45) is 0. The minimum absolute atomic E-state index is 0.0324. The Hall–Kier alpha value is -3.82. The third-order valence-corrected chi connectivity index (χ3v) is 3.00. The van der Waals surface area contributed by atoms with Gasteiger partial charge < -0.3 is 15.2 Å². The molecule has 10 nitrogen and oxygen atoms in total. The lowest BCUT2D eigenvalue weighted by Gasteiger charge is -2.11. The summed E-state index contributed by atoms with van der Waals surface area (Å²) in [7, 11) is 0. The van der Waals surface area contributed by atoms with Gasteiger partial charge in [0.05, 0.1) is 26.9 Å². The van der Waals surface area contributed by atoms with Crippen LogP contribution in [0.5, 0.6) is 0 Å². The number of carbonyl (C=O) groups is 2. The van der Waals surface area contributed by atoms with Gasteiger partial charge in [-0.05, 0) is 12.1 Å². The Labute approximate surface area is 133 Å². The van der Waals surface area contributed by atoms with E-state index < -0.39 is 38.5 Å². The van der Waals surface area contributed by atoms with Gasteiger partial charge in [0, 0.05) is 23.9 Å². The highest BCUT2D eigenvalue weighted by Crippen LogP contribution is 2.23. The smallest absolute Gasteiger partial charge is 0.279 e. The molecule has 0 unspecified atom stereocenters. The van der Waals surface area contributed by atoms with Crippen molar-refractivity contribution in [3.05, 3.63) is 73.8 Å². The first-order valence-corrected chi connectivity index (χ1v) is 6.36. The first-order valence-electron chi connectivity index (χ1n) is 6.36. The number of carboxylic acids is 1. The number of nitrogens with zero attached hydrogens (tertiary/aromatic N) is 2. The Morgan fingerprint density at radius 3 is 2.21 bits per heavy atom. The van der Waals surface area contributed by atoms with Crippen LogP contribution < -0.4 is 10.4 Å². The summed E-state index contributed by atoms with van der Waals surface area (Å²) in [5.74, 6) is -2.86. The van der Waals surface area contributed by atoms with Crippen LogP contribution in [0.3, 0.4) is 0 Å². The van der Waals surface area contributed by atoms with E-state index in [1.165, 1.54) is 18.2 Å². The molecule has 0 bridgehead atoms. The number of rotatable bonds is 5. The van der Waals surface area contributed by atoms with Gasteiger partial charge in [0.15, 0.2) is 0 Å². The van der Waals surface area contributed by atoms with Crippen molar-refractivity contribution in [2.24, 2.45) is 0 Å². The Bertz CT molecular complexity index is 863. The first kappa shape index (κ1) is 16.5. The molecule has 0 spiro atoms. The van der Waals surface area contributed by atoms with Crippen LogP contribution in [0.15, 0.2) is 42.5 Å². The number of nitro groups is 2. The quantitative estimate of drug-likeness (QED) is 0.635. The van der Waals surface area contributed by atoms with Crippen molar-refractivity contribution in [2.45, 2.75) is 0 Å². The van der Waals surface area contributed by atoms with Gasteiger partial charge in [0.1, 0.15) is 0 Å². The van der Waals surface area contributed by atoms with E-state index in [9.17, 15) is 34.9 Å². The monoisotopic (exact) mass is 330 g/mol. The van der Waals surface area contributed by atoms with Crippen molar-refractivity contribution in [3.63, 3.8) is 0 Å². The van der Waals surface area contributed by atoms with Crippen LogP contribution in [0.2, 0.25) is 0 Å². The molecule has 0 fully saturated rings. The average molecular weight is 330 g/mol. The van der Waals surface area contributed by atoms with Crippen molar-refractivity contribution in [2.75, 3.05) is 5.32 Å². The van der Waals surface area contributed by atoms with Crippen LogP contribution in [0.1, 0.15) is 20.7 Å². The fourth-order valence-electron chi connectivity index (χ4n) is 1.99. The van der Waals surface area contributed by atoms with E-state index in [0.29, 0.717) is 0 Å². The SMILES string of the molecule is O=C(Nc1cccc([N+](=O)[O-])c1)c1cccc([N+](=O)[O-])c1C(=O)[O-]. The summed E-state index contributed by atoms with van der Waals surface area (Å²) >= 11 is 0. The molecule has 2 aromatic carbocycles. The minimum atomic E-state index is -1.88. The number of aromatic carboxylic acids is 1. The molecule has 122 valence electrons. The zero-order chi connectivity index (χ0) is 17.9. The second-order valence-electron chi connectivity index (χ2n) is 4.51. The molecule has 1 N–H and O–H groups in total. The van der Waals surface area contributed by atoms with Gasteiger partial charge in [0.2, 0.25) is 0 Å². The number of carbonyl (C=O) groups excluding carboxylic acids is 2. The summed E-state index contributed by atoms with van der Waals surface area (Å²) in [6, 6.07) is 8.08. The Kier molecular flexibility index (Phi) is 4.50. The topological polar surface area (TPSA) is 156 Å². The maximum Gasteiger partial charge on any atom is 0.279 e. The number of nitro benzene ring substituents is 2. The van der Waals surface area contributed by atoms with Crippen LogP contribution in [0.4, 0.5) is 17.1 Å². The van der Waals surface area contributed by atoms with Crippen LogP contribution >= 0.6 is 0 Å². The van der Waals surface area contributed by atoms with E-state index in [1.807, 2.05) is 0 Å². The number of carboxylic acid groups (broad SMARTS) is 1. The predicted molar refractivity (Wildman–Crippen MR) is 78.5 cm³/mol. The molecule has 0 aliphatic rings. The third-order valence-electron chi connectivity index (χ3n) is 3.00. The van der Waals surface area contributed by atoms with Crippen LogP contribution in [0, 0.1) is 20.2 Å². The summed E-state index contributed by atoms with van der Waals surface area (Å²) in [5.41, 5.74) is -2.40. The molecule has 2 aromatic rings. The minimum Gasteiger partial charge on any atom is -0.545 e. The van der Waals surface area contributed by atoms with Crippen molar-refractivity contribution < 1.29 is 24.5 Å². The molecular weight excluding hydrogens is 322 g/mol. The van der Waals surface area contributed by atoms with Gasteiger partial charge in [-0.1, -0.05) is 12.1 Å². The van der Waals surface area contributed by atoms with Gasteiger partial charge in [0.25, 0.3) is 17.3 Å².